The largest absolute Gasteiger partial charge is 0.378 e. The molecule has 146 valence electrons. The lowest BCUT2D eigenvalue weighted by molar-refractivity contribution is -0.384. The van der Waals surface area contributed by atoms with Crippen LogP contribution in [0.2, 0.25) is 0 Å². The maximum atomic E-state index is 11.9. The van der Waals surface area contributed by atoms with Crippen LogP contribution in [0.3, 0.4) is 0 Å². The van der Waals surface area contributed by atoms with E-state index in [9.17, 15) is 19.7 Å². The molecule has 2 N–H and O–H groups in total. The van der Waals surface area contributed by atoms with Gasteiger partial charge in [0.15, 0.2) is 4.96 Å². The van der Waals surface area contributed by atoms with Gasteiger partial charge >= 0.3 is 0 Å². The van der Waals surface area contributed by atoms with E-state index in [4.69, 9.17) is 0 Å². The minimum atomic E-state index is -0.453. The molecule has 9 nitrogen and oxygen atoms in total. The van der Waals surface area contributed by atoms with Crippen LogP contribution in [-0.4, -0.2) is 39.1 Å². The third-order valence-electron chi connectivity index (χ3n) is 3.70. The first-order valence-corrected chi connectivity index (χ1v) is 10.4. The number of fused-ring (bicyclic) bond motifs is 1. The van der Waals surface area contributed by atoms with Gasteiger partial charge in [0.25, 0.3) is 11.2 Å². The Hall–Kier alpha value is -2.92. The van der Waals surface area contributed by atoms with Gasteiger partial charge < -0.3 is 10.6 Å². The lowest BCUT2D eigenvalue weighted by atomic mass is 10.2. The van der Waals surface area contributed by atoms with Crippen LogP contribution in [0, 0.1) is 10.1 Å². The highest BCUT2D eigenvalue weighted by Gasteiger charge is 2.11. The molecular formula is C17H17N5O4S2. The van der Waals surface area contributed by atoms with Crippen molar-refractivity contribution in [2.24, 2.45) is 0 Å². The summed E-state index contributed by atoms with van der Waals surface area (Å²) < 4.78 is 1.48. The zero-order valence-electron chi connectivity index (χ0n) is 14.7. The molecule has 0 saturated heterocycles. The van der Waals surface area contributed by atoms with Gasteiger partial charge in [0, 0.05) is 42.6 Å². The molecule has 0 spiro atoms. The molecule has 0 fully saturated rings. The van der Waals surface area contributed by atoms with Crippen LogP contribution in [0.1, 0.15) is 5.69 Å². The number of aromatic nitrogens is 2. The lowest BCUT2D eigenvalue weighted by Crippen LogP contribution is -2.30. The summed E-state index contributed by atoms with van der Waals surface area (Å²) in [4.78, 5) is 39.3. The summed E-state index contributed by atoms with van der Waals surface area (Å²) in [5, 5.41) is 18.4. The van der Waals surface area contributed by atoms with E-state index in [1.807, 2.05) is 0 Å². The van der Waals surface area contributed by atoms with E-state index >= 15 is 0 Å². The van der Waals surface area contributed by atoms with E-state index in [2.05, 4.69) is 15.6 Å². The Bertz CT molecular complexity index is 1050. The van der Waals surface area contributed by atoms with Crippen molar-refractivity contribution in [3.05, 3.63) is 68.1 Å². The third kappa shape index (κ3) is 5.08. The van der Waals surface area contributed by atoms with E-state index in [0.29, 0.717) is 35.2 Å². The first kappa shape index (κ1) is 19.8. The van der Waals surface area contributed by atoms with Crippen molar-refractivity contribution in [3.63, 3.8) is 0 Å². The second-order valence-corrected chi connectivity index (χ2v) is 7.54. The number of rotatable bonds is 9. The number of carbonyl (C=O) groups excluding carboxylic acids is 1. The molecular weight excluding hydrogens is 402 g/mol. The molecule has 3 aromatic rings. The molecule has 1 amide bonds. The number of nitrogens with zero attached hydrogens (tertiary/aromatic N) is 3. The Morgan fingerprint density at radius 2 is 2.14 bits per heavy atom. The predicted octanol–water partition coefficient (Wildman–Crippen LogP) is 2.13. The first-order chi connectivity index (χ1) is 13.5. The van der Waals surface area contributed by atoms with Crippen LogP contribution in [0.15, 0.2) is 46.7 Å². The minimum Gasteiger partial charge on any atom is -0.378 e. The molecule has 2 heterocycles. The summed E-state index contributed by atoms with van der Waals surface area (Å²) in [5.41, 5.74) is 0.920. The normalized spacial score (nSPS) is 10.7. The SMILES string of the molecule is O=C(CSCc1cc(=O)n2ccsc2n1)NCCNc1ccccc1[N+](=O)[O-]. The number of nitro groups is 1. The molecule has 11 heteroatoms. The molecule has 0 aliphatic rings. The van der Waals surface area contributed by atoms with Gasteiger partial charge in [0.05, 0.1) is 16.4 Å². The van der Waals surface area contributed by atoms with Crippen molar-refractivity contribution in [2.75, 3.05) is 24.2 Å². The highest BCUT2D eigenvalue weighted by atomic mass is 32.2. The summed E-state index contributed by atoms with van der Waals surface area (Å²) >= 11 is 2.75. The van der Waals surface area contributed by atoms with Crippen molar-refractivity contribution in [1.29, 1.82) is 0 Å². The summed E-state index contributed by atoms with van der Waals surface area (Å²) in [5.74, 6) is 0.547. The molecule has 3 rings (SSSR count). The Balaban J connectivity index is 1.39. The van der Waals surface area contributed by atoms with Gasteiger partial charge in [-0.15, -0.1) is 23.1 Å². The topological polar surface area (TPSA) is 119 Å². The number of hydrogen-bond donors (Lipinski definition) is 2. The Morgan fingerprint density at radius 3 is 2.96 bits per heavy atom. The third-order valence-corrected chi connectivity index (χ3v) is 5.43. The fourth-order valence-corrected chi connectivity index (χ4v) is 3.93. The fourth-order valence-electron chi connectivity index (χ4n) is 2.44. The number of anilines is 1. The smallest absolute Gasteiger partial charge is 0.292 e. The van der Waals surface area contributed by atoms with Crippen molar-refractivity contribution in [2.45, 2.75) is 5.75 Å². The van der Waals surface area contributed by atoms with E-state index < -0.39 is 4.92 Å². The van der Waals surface area contributed by atoms with Crippen molar-refractivity contribution < 1.29 is 9.72 Å². The average Bonchev–Trinajstić information content (AvgIpc) is 3.15. The number of nitrogens with one attached hydrogen (secondary N) is 2. The molecule has 2 aromatic heterocycles. The number of para-hydroxylation sites is 2. The number of thioether (sulfide) groups is 1. The van der Waals surface area contributed by atoms with E-state index in [0.717, 1.165) is 0 Å². The summed E-state index contributed by atoms with van der Waals surface area (Å²) in [6.45, 7) is 0.709. The van der Waals surface area contributed by atoms with Crippen LogP contribution in [0.5, 0.6) is 0 Å². The second kappa shape index (κ2) is 9.33. The van der Waals surface area contributed by atoms with Gasteiger partial charge in [0.2, 0.25) is 5.91 Å². The van der Waals surface area contributed by atoms with Gasteiger partial charge in [0.1, 0.15) is 5.69 Å². The average molecular weight is 419 g/mol. The minimum absolute atomic E-state index is 0.00417. The number of thiazole rings is 1. The van der Waals surface area contributed by atoms with E-state index in [-0.39, 0.29) is 22.9 Å². The van der Waals surface area contributed by atoms with E-state index in [1.165, 1.54) is 39.6 Å². The van der Waals surface area contributed by atoms with Crippen LogP contribution in [-0.2, 0) is 10.5 Å². The number of nitro benzene ring substituents is 1. The molecule has 0 unspecified atom stereocenters. The van der Waals surface area contributed by atoms with Crippen molar-refractivity contribution >= 4 is 45.3 Å². The van der Waals surface area contributed by atoms with E-state index in [1.54, 1.807) is 29.8 Å². The van der Waals surface area contributed by atoms with Crippen LogP contribution in [0.4, 0.5) is 11.4 Å². The zero-order valence-corrected chi connectivity index (χ0v) is 16.3. The Kier molecular flexibility index (Phi) is 6.61. The molecule has 0 saturated carbocycles. The fraction of sp³-hybridized carbons (Fsp3) is 0.235. The highest BCUT2D eigenvalue weighted by molar-refractivity contribution is 7.99. The Morgan fingerprint density at radius 1 is 1.32 bits per heavy atom. The molecule has 0 atom stereocenters. The van der Waals surface area contributed by atoms with Crippen molar-refractivity contribution in [3.8, 4) is 0 Å². The molecule has 1 aromatic carbocycles. The Labute approximate surface area is 168 Å². The number of benzene rings is 1. The van der Waals surface area contributed by atoms with Crippen LogP contribution < -0.4 is 16.2 Å². The standard InChI is InChI=1S/C17H17N5O4S2/c23-15(19-6-5-18-13-3-1-2-4-14(13)22(25)26)11-27-10-12-9-16(24)21-7-8-28-17(21)20-12/h1-4,7-9,18H,5-6,10-11H2,(H,19,23). The van der Waals surface area contributed by atoms with Gasteiger partial charge in [-0.05, 0) is 6.07 Å². The quantitative estimate of drug-likeness (QED) is 0.310. The number of hydrogen-bond acceptors (Lipinski definition) is 8. The van der Waals surface area contributed by atoms with Crippen LogP contribution >= 0.6 is 23.1 Å². The van der Waals surface area contributed by atoms with Gasteiger partial charge in [-0.25, -0.2) is 4.98 Å². The zero-order chi connectivity index (χ0) is 19.9. The number of amides is 1. The first-order valence-electron chi connectivity index (χ1n) is 8.32. The maximum absolute atomic E-state index is 11.9. The van der Waals surface area contributed by atoms with Crippen molar-refractivity contribution in [1.82, 2.24) is 14.7 Å². The summed E-state index contributed by atoms with van der Waals surface area (Å²) in [7, 11) is 0. The summed E-state index contributed by atoms with van der Waals surface area (Å²) in [6, 6.07) is 7.82. The van der Waals surface area contributed by atoms with Gasteiger partial charge in [-0.1, -0.05) is 12.1 Å². The predicted molar refractivity (Wildman–Crippen MR) is 110 cm³/mol. The van der Waals surface area contributed by atoms with Crippen LogP contribution in [0.25, 0.3) is 4.96 Å². The summed E-state index contributed by atoms with van der Waals surface area (Å²) in [6.07, 6.45) is 1.68. The second-order valence-electron chi connectivity index (χ2n) is 5.69. The lowest BCUT2D eigenvalue weighted by Gasteiger charge is -2.08. The molecule has 28 heavy (non-hydrogen) atoms. The molecule has 0 radical (unpaired) electrons. The monoisotopic (exact) mass is 419 g/mol. The maximum Gasteiger partial charge on any atom is 0.292 e. The molecule has 0 bridgehead atoms. The molecule has 0 aliphatic heterocycles. The molecule has 0 aliphatic carbocycles. The number of carbonyl (C=O) groups is 1. The highest BCUT2D eigenvalue weighted by Crippen LogP contribution is 2.22. The van der Waals surface area contributed by atoms with Gasteiger partial charge in [-0.2, -0.15) is 0 Å². The van der Waals surface area contributed by atoms with Gasteiger partial charge in [-0.3, -0.25) is 24.1 Å².